The van der Waals surface area contributed by atoms with Crippen molar-refractivity contribution in [2.45, 2.75) is 0 Å². The highest BCUT2D eigenvalue weighted by atomic mass is 19.4. The largest absolute Gasteiger partial charge is 0.487 e. The molecule has 0 aliphatic rings. The van der Waals surface area contributed by atoms with Crippen molar-refractivity contribution in [3.8, 4) is 0 Å². The lowest BCUT2D eigenvalue weighted by Crippen LogP contribution is -1.49. The third-order valence-corrected chi connectivity index (χ3v) is 0.167. The van der Waals surface area contributed by atoms with Crippen LogP contribution in [-0.2, 0) is 0 Å². The van der Waals surface area contributed by atoms with Gasteiger partial charge in [0.1, 0.15) is 0 Å². The second-order valence-electron chi connectivity index (χ2n) is 0.686. The topological polar surface area (TPSA) is 0 Å². The predicted molar refractivity (Wildman–Crippen MR) is 27.0 cm³/mol. The molecule has 0 aliphatic heterocycles. The Balaban J connectivity index is 0. The molecule has 0 fully saturated rings. The van der Waals surface area contributed by atoms with Crippen LogP contribution in [0.2, 0.25) is 0 Å². The average molecular weight is 123 g/mol. The van der Waals surface area contributed by atoms with E-state index in [9.17, 15) is 13.2 Å². The molecule has 0 aromatic rings. The lowest BCUT2D eigenvalue weighted by atomic mass is 10.6. The molecule has 8 heavy (non-hydrogen) atoms. The van der Waals surface area contributed by atoms with Crippen molar-refractivity contribution in [1.29, 1.82) is 0 Å². The van der Waals surface area contributed by atoms with Gasteiger partial charge < -0.3 is 0 Å². The maximum absolute atomic E-state index is 9.58. The van der Waals surface area contributed by atoms with E-state index in [1.807, 2.05) is 0 Å². The molecular weight excluding hydrogens is 117 g/mol. The highest BCUT2D eigenvalue weighted by Crippen LogP contribution is 1.99. The second kappa shape index (κ2) is 9.55. The minimum absolute atomic E-state index is 1.64. The van der Waals surface area contributed by atoms with E-state index >= 15 is 0 Å². The fourth-order valence-corrected chi connectivity index (χ4v) is 0. The zero-order valence-electron chi connectivity index (χ0n) is 4.20. The summed E-state index contributed by atoms with van der Waals surface area (Å²) in [4.78, 5) is 0. The number of hydrogen-bond acceptors (Lipinski definition) is 0. The van der Waals surface area contributed by atoms with Crippen LogP contribution in [0.5, 0.6) is 0 Å². The van der Waals surface area contributed by atoms with E-state index in [1.165, 1.54) is 0 Å². The lowest BCUT2D eigenvalue weighted by Gasteiger charge is -1.60. The molecule has 0 rings (SSSR count). The Morgan fingerprint density at radius 3 is 1.12 bits per heavy atom. The molecule has 1 radical (unpaired) electrons. The van der Waals surface area contributed by atoms with Gasteiger partial charge in [-0.15, -0.1) is 0 Å². The Labute approximate surface area is 46.3 Å². The van der Waals surface area contributed by atoms with E-state index in [-0.39, 0.29) is 0 Å². The SMILES string of the molecule is C=CC=C.F[C](F)F. The van der Waals surface area contributed by atoms with E-state index in [0.29, 0.717) is 0 Å². The van der Waals surface area contributed by atoms with Crippen molar-refractivity contribution in [2.24, 2.45) is 0 Å². The molecule has 0 N–H and O–H groups in total. The Kier molecular flexibility index (Phi) is 12.3. The van der Waals surface area contributed by atoms with Gasteiger partial charge in [-0.3, -0.25) is 0 Å². The molecular formula is C5H6F3. The molecule has 3 heteroatoms. The predicted octanol–water partition coefficient (Wildman–Crippen LogP) is 2.70. The summed E-state index contributed by atoms with van der Waals surface area (Å²) in [6.07, 6.45) is 3.28. The molecule has 0 unspecified atom stereocenters. The van der Waals surface area contributed by atoms with Crippen molar-refractivity contribution < 1.29 is 13.2 Å². The van der Waals surface area contributed by atoms with Crippen LogP contribution in [0.15, 0.2) is 25.3 Å². The smallest absolute Gasteiger partial charge is 0.162 e. The zero-order valence-corrected chi connectivity index (χ0v) is 4.20. The van der Waals surface area contributed by atoms with Gasteiger partial charge in [0.05, 0.1) is 0 Å². The molecule has 0 atom stereocenters. The van der Waals surface area contributed by atoms with Gasteiger partial charge >= 0.3 is 6.68 Å². The van der Waals surface area contributed by atoms with Crippen LogP contribution in [0.3, 0.4) is 0 Å². The number of halogens is 3. The molecule has 0 saturated carbocycles. The summed E-state index contributed by atoms with van der Waals surface area (Å²) in [5, 5.41) is 0. The van der Waals surface area contributed by atoms with Gasteiger partial charge in [-0.25, -0.2) is 0 Å². The molecule has 0 bridgehead atoms. The van der Waals surface area contributed by atoms with E-state index in [0.717, 1.165) is 0 Å². The summed E-state index contributed by atoms with van der Waals surface area (Å²) in [5.74, 6) is 0. The van der Waals surface area contributed by atoms with Gasteiger partial charge in [-0.05, 0) is 0 Å². The van der Waals surface area contributed by atoms with Crippen molar-refractivity contribution in [3.63, 3.8) is 0 Å². The zero-order chi connectivity index (χ0) is 6.99. The van der Waals surface area contributed by atoms with E-state index < -0.39 is 6.68 Å². The van der Waals surface area contributed by atoms with Crippen LogP contribution < -0.4 is 0 Å². The minimum atomic E-state index is -3.08. The van der Waals surface area contributed by atoms with Crippen molar-refractivity contribution >= 4 is 0 Å². The van der Waals surface area contributed by atoms with E-state index in [1.54, 1.807) is 12.2 Å². The molecule has 0 heterocycles. The highest BCUT2D eigenvalue weighted by Gasteiger charge is 1.93. The average Bonchev–Trinajstić information content (AvgIpc) is 1.65. The maximum Gasteiger partial charge on any atom is 0.487 e. The third kappa shape index (κ3) is 1320. The van der Waals surface area contributed by atoms with Gasteiger partial charge in [0, 0.05) is 0 Å². The monoisotopic (exact) mass is 123 g/mol. The van der Waals surface area contributed by atoms with Crippen LogP contribution >= 0.6 is 0 Å². The second-order valence-corrected chi connectivity index (χ2v) is 0.686. The van der Waals surface area contributed by atoms with Gasteiger partial charge in [0.25, 0.3) is 0 Å². The third-order valence-electron chi connectivity index (χ3n) is 0.167. The van der Waals surface area contributed by atoms with Crippen LogP contribution in [-0.4, -0.2) is 0 Å². The molecule has 0 saturated heterocycles. The number of rotatable bonds is 1. The van der Waals surface area contributed by atoms with E-state index in [4.69, 9.17) is 0 Å². The van der Waals surface area contributed by atoms with Gasteiger partial charge in [0.15, 0.2) is 0 Å². The fourth-order valence-electron chi connectivity index (χ4n) is 0. The molecule has 47 valence electrons. The Morgan fingerprint density at radius 2 is 1.12 bits per heavy atom. The lowest BCUT2D eigenvalue weighted by molar-refractivity contribution is 0.142. The maximum atomic E-state index is 9.58. The van der Waals surface area contributed by atoms with Crippen molar-refractivity contribution in [1.82, 2.24) is 0 Å². The van der Waals surface area contributed by atoms with Crippen LogP contribution in [0, 0.1) is 6.68 Å². The molecule has 0 aromatic heterocycles. The van der Waals surface area contributed by atoms with Gasteiger partial charge in [-0.1, -0.05) is 25.3 Å². The summed E-state index contributed by atoms with van der Waals surface area (Å²) in [7, 11) is 0. The first-order chi connectivity index (χ1) is 3.65. The highest BCUT2D eigenvalue weighted by molar-refractivity contribution is 4.88. The summed E-state index contributed by atoms with van der Waals surface area (Å²) in [6.45, 7) is 3.64. The quantitative estimate of drug-likeness (QED) is 0.470. The first kappa shape index (κ1) is 10.3. The van der Waals surface area contributed by atoms with E-state index in [2.05, 4.69) is 13.2 Å². The van der Waals surface area contributed by atoms with Crippen molar-refractivity contribution in [3.05, 3.63) is 32.0 Å². The number of hydrogen-bond donors (Lipinski definition) is 0. The number of allylic oxidation sites excluding steroid dienone is 2. The fraction of sp³-hybridized carbons (Fsp3) is 0. The Morgan fingerprint density at radius 1 is 1.00 bits per heavy atom. The van der Waals surface area contributed by atoms with Crippen LogP contribution in [0.1, 0.15) is 0 Å². The standard InChI is InChI=1S/C4H6.CF3/c1-3-4-2;2-1(3)4/h3-4H,1-2H2;. The van der Waals surface area contributed by atoms with Crippen LogP contribution in [0.4, 0.5) is 13.2 Å². The Hall–Kier alpha value is -0.730. The van der Waals surface area contributed by atoms with Crippen LogP contribution in [0.25, 0.3) is 0 Å². The first-order valence-electron chi connectivity index (χ1n) is 1.72. The Bertz CT molecular complexity index is 49.9. The molecule has 0 amide bonds. The molecule has 0 aliphatic carbocycles. The molecule has 0 aromatic carbocycles. The summed E-state index contributed by atoms with van der Waals surface area (Å²) in [5.41, 5.74) is 0. The first-order valence-corrected chi connectivity index (χ1v) is 1.72. The molecule has 0 spiro atoms. The summed E-state index contributed by atoms with van der Waals surface area (Å²) >= 11 is 0. The van der Waals surface area contributed by atoms with Gasteiger partial charge in [0.2, 0.25) is 0 Å². The normalized spacial score (nSPS) is 7.00. The summed E-state index contributed by atoms with van der Waals surface area (Å²) < 4.78 is 28.8. The van der Waals surface area contributed by atoms with Gasteiger partial charge in [-0.2, -0.15) is 13.2 Å². The minimum Gasteiger partial charge on any atom is -0.162 e. The van der Waals surface area contributed by atoms with Crippen molar-refractivity contribution in [2.75, 3.05) is 0 Å². The summed E-state index contributed by atoms with van der Waals surface area (Å²) in [6, 6.07) is 0. The molecule has 0 nitrogen and oxygen atoms in total.